The van der Waals surface area contributed by atoms with Gasteiger partial charge >= 0.3 is 0 Å². The average Bonchev–Trinajstić information content (AvgIpc) is 3.28. The lowest BCUT2D eigenvalue weighted by molar-refractivity contribution is -0.927. The standard InChI is InChI=1S/C38H27F6N.C4H10/c1-2-3-12-45-19-29-27(23-15-31(39)37(43)32(40)16-23)13-21-8-4-6-10-25(21)35(29)36-26-11-7-5-9-22(26)14-28(30(36)20-45)24-17-33(41)38(44)34(42)18-24;1-3-4-2/h4-11,13-18H,2-3,12,19-20H2,1H3;3-4H2,1-2H3/p+1. The van der Waals surface area contributed by atoms with E-state index in [1.807, 2.05) is 60.7 Å². The zero-order valence-corrected chi connectivity index (χ0v) is 27.8. The molecule has 0 unspecified atom stereocenters. The van der Waals surface area contributed by atoms with Gasteiger partial charge in [0.05, 0.1) is 6.54 Å². The highest BCUT2D eigenvalue weighted by atomic mass is 19.2. The van der Waals surface area contributed by atoms with Gasteiger partial charge in [-0.3, -0.25) is 0 Å². The van der Waals surface area contributed by atoms with E-state index in [1.54, 1.807) is 0 Å². The van der Waals surface area contributed by atoms with Gasteiger partial charge < -0.3 is 4.90 Å². The number of hydrogen-bond donors (Lipinski definition) is 1. The Morgan fingerprint density at radius 2 is 0.898 bits per heavy atom. The van der Waals surface area contributed by atoms with Crippen molar-refractivity contribution in [2.75, 3.05) is 6.54 Å². The molecule has 0 saturated carbocycles. The van der Waals surface area contributed by atoms with Crippen LogP contribution in [0.1, 0.15) is 57.6 Å². The first kappa shape index (κ1) is 34.3. The molecule has 0 spiro atoms. The number of nitrogens with one attached hydrogen (secondary N) is 1. The molecule has 0 bridgehead atoms. The Hall–Kier alpha value is -4.62. The molecule has 1 N–H and O–H groups in total. The van der Waals surface area contributed by atoms with Gasteiger partial charge in [0.15, 0.2) is 34.9 Å². The summed E-state index contributed by atoms with van der Waals surface area (Å²) in [5, 5.41) is 3.42. The van der Waals surface area contributed by atoms with Gasteiger partial charge in [-0.1, -0.05) is 88.6 Å². The number of quaternary nitrogens is 1. The first-order valence-electron chi connectivity index (χ1n) is 16.9. The first-order chi connectivity index (χ1) is 23.7. The molecule has 1 heterocycles. The minimum atomic E-state index is -1.53. The molecular weight excluding hydrogens is 632 g/mol. The predicted octanol–water partition coefficient (Wildman–Crippen LogP) is 11.3. The summed E-state index contributed by atoms with van der Waals surface area (Å²) >= 11 is 0. The van der Waals surface area contributed by atoms with Crippen LogP contribution in [0.4, 0.5) is 26.3 Å². The van der Waals surface area contributed by atoms with Crippen molar-refractivity contribution in [2.45, 2.75) is 59.5 Å². The van der Waals surface area contributed by atoms with E-state index in [2.05, 4.69) is 20.8 Å². The maximum atomic E-state index is 14.7. The monoisotopic (exact) mass is 670 g/mol. The summed E-state index contributed by atoms with van der Waals surface area (Å²) in [5.74, 6) is -8.15. The minimum Gasteiger partial charge on any atom is -0.327 e. The van der Waals surface area contributed by atoms with Crippen LogP contribution in [0, 0.1) is 34.9 Å². The molecule has 1 aliphatic rings. The molecule has 6 aromatic rings. The van der Waals surface area contributed by atoms with Crippen molar-refractivity contribution >= 4 is 21.5 Å². The third-order valence-corrected chi connectivity index (χ3v) is 9.39. The molecule has 0 radical (unpaired) electrons. The van der Waals surface area contributed by atoms with Crippen LogP contribution < -0.4 is 4.90 Å². The number of fused-ring (bicyclic) bond motifs is 7. The third-order valence-electron chi connectivity index (χ3n) is 9.39. The summed E-state index contributed by atoms with van der Waals surface area (Å²) in [7, 11) is 0. The van der Waals surface area contributed by atoms with Gasteiger partial charge in [-0.05, 0) is 86.6 Å². The quantitative estimate of drug-likeness (QED) is 0.133. The number of benzene rings is 6. The van der Waals surface area contributed by atoms with E-state index in [0.29, 0.717) is 24.2 Å². The molecule has 0 saturated heterocycles. The highest BCUT2D eigenvalue weighted by Crippen LogP contribution is 2.47. The summed E-state index contributed by atoms with van der Waals surface area (Å²) in [6, 6.07) is 23.3. The summed E-state index contributed by atoms with van der Waals surface area (Å²) in [6.45, 7) is 8.16. The molecule has 1 aliphatic heterocycles. The summed E-state index contributed by atoms with van der Waals surface area (Å²) < 4.78 is 86.9. The molecule has 252 valence electrons. The Bertz CT molecular complexity index is 1980. The lowest BCUT2D eigenvalue weighted by atomic mass is 9.82. The predicted molar refractivity (Wildman–Crippen MR) is 186 cm³/mol. The van der Waals surface area contributed by atoms with Crippen LogP contribution in [-0.2, 0) is 13.1 Å². The zero-order valence-electron chi connectivity index (χ0n) is 27.8. The molecule has 7 heteroatoms. The van der Waals surface area contributed by atoms with Gasteiger partial charge in [0, 0.05) is 22.3 Å². The van der Waals surface area contributed by atoms with Crippen LogP contribution in [0.25, 0.3) is 54.9 Å². The van der Waals surface area contributed by atoms with Crippen LogP contribution in [0.5, 0.6) is 0 Å². The summed E-state index contributed by atoms with van der Waals surface area (Å²) in [6.07, 6.45) is 4.46. The minimum absolute atomic E-state index is 0.217. The van der Waals surface area contributed by atoms with Crippen molar-refractivity contribution in [3.63, 3.8) is 0 Å². The molecule has 0 fully saturated rings. The van der Waals surface area contributed by atoms with Crippen molar-refractivity contribution in [3.05, 3.63) is 131 Å². The second-order valence-electron chi connectivity index (χ2n) is 12.7. The summed E-state index contributed by atoms with van der Waals surface area (Å²) in [4.78, 5) is 1.14. The highest BCUT2D eigenvalue weighted by Gasteiger charge is 2.31. The van der Waals surface area contributed by atoms with Crippen molar-refractivity contribution < 1.29 is 31.2 Å². The van der Waals surface area contributed by atoms with E-state index >= 15 is 0 Å². The molecule has 49 heavy (non-hydrogen) atoms. The van der Waals surface area contributed by atoms with Crippen molar-refractivity contribution in [3.8, 4) is 33.4 Å². The third kappa shape index (κ3) is 6.56. The first-order valence-corrected chi connectivity index (χ1v) is 16.9. The van der Waals surface area contributed by atoms with E-state index in [1.165, 1.54) is 12.8 Å². The maximum Gasteiger partial charge on any atom is 0.194 e. The Morgan fingerprint density at radius 1 is 0.510 bits per heavy atom. The number of unbranched alkanes of at least 4 members (excludes halogenated alkanes) is 2. The van der Waals surface area contributed by atoms with Gasteiger partial charge in [-0.2, -0.15) is 0 Å². The second-order valence-corrected chi connectivity index (χ2v) is 12.7. The lowest BCUT2D eigenvalue weighted by Gasteiger charge is -2.21. The second kappa shape index (κ2) is 14.5. The molecule has 0 aliphatic carbocycles. The van der Waals surface area contributed by atoms with Crippen LogP contribution in [0.2, 0.25) is 0 Å². The smallest absolute Gasteiger partial charge is 0.194 e. The lowest BCUT2D eigenvalue weighted by Crippen LogP contribution is -3.09. The van der Waals surface area contributed by atoms with E-state index in [0.717, 1.165) is 92.4 Å². The zero-order chi connectivity index (χ0) is 34.8. The van der Waals surface area contributed by atoms with Gasteiger partial charge in [-0.15, -0.1) is 0 Å². The Kier molecular flexibility index (Phi) is 10.1. The van der Waals surface area contributed by atoms with Gasteiger partial charge in [0.1, 0.15) is 13.1 Å². The van der Waals surface area contributed by atoms with Crippen molar-refractivity contribution in [1.29, 1.82) is 0 Å². The van der Waals surface area contributed by atoms with Crippen LogP contribution >= 0.6 is 0 Å². The Labute approximate surface area is 282 Å². The van der Waals surface area contributed by atoms with Gasteiger partial charge in [-0.25, -0.2) is 26.3 Å². The Morgan fingerprint density at radius 3 is 1.27 bits per heavy atom. The molecule has 0 aromatic heterocycles. The van der Waals surface area contributed by atoms with E-state index < -0.39 is 34.9 Å². The molecular formula is C42H38F6N+. The van der Waals surface area contributed by atoms with E-state index in [-0.39, 0.29) is 11.1 Å². The molecule has 6 aromatic carbocycles. The summed E-state index contributed by atoms with van der Waals surface area (Å²) in [5.41, 5.74) is 4.95. The van der Waals surface area contributed by atoms with Crippen molar-refractivity contribution in [2.24, 2.45) is 0 Å². The van der Waals surface area contributed by atoms with Gasteiger partial charge in [0.25, 0.3) is 0 Å². The number of halogens is 6. The number of hydrogen-bond acceptors (Lipinski definition) is 0. The fourth-order valence-electron chi connectivity index (χ4n) is 6.82. The van der Waals surface area contributed by atoms with Crippen LogP contribution in [-0.4, -0.2) is 6.54 Å². The maximum absolute atomic E-state index is 14.7. The highest BCUT2D eigenvalue weighted by molar-refractivity contribution is 6.11. The van der Waals surface area contributed by atoms with E-state index in [4.69, 9.17) is 0 Å². The fourth-order valence-corrected chi connectivity index (χ4v) is 6.82. The van der Waals surface area contributed by atoms with Crippen molar-refractivity contribution in [1.82, 2.24) is 0 Å². The topological polar surface area (TPSA) is 4.44 Å². The molecule has 1 nitrogen and oxygen atoms in total. The van der Waals surface area contributed by atoms with Crippen LogP contribution in [0.3, 0.4) is 0 Å². The molecule has 0 atom stereocenters. The largest absolute Gasteiger partial charge is 0.327 e. The average molecular weight is 671 g/mol. The normalized spacial score (nSPS) is 12.8. The van der Waals surface area contributed by atoms with E-state index in [9.17, 15) is 26.3 Å². The number of rotatable bonds is 6. The molecule has 0 amide bonds. The SMILES string of the molecule is CCCC.CCCC[NH+]1Cc2c(-c3cc(F)c(F)c(F)c3)cc3ccccc3c2-c2c(c(-c3cc(F)c(F)c(F)c3)cc3ccccc23)C1. The Balaban J connectivity index is 0.000000989. The molecule has 7 rings (SSSR count). The fraction of sp³-hybridized carbons (Fsp3) is 0.238. The van der Waals surface area contributed by atoms with Crippen LogP contribution in [0.15, 0.2) is 84.9 Å². The van der Waals surface area contributed by atoms with Gasteiger partial charge in [0.2, 0.25) is 0 Å².